The summed E-state index contributed by atoms with van der Waals surface area (Å²) in [5.41, 5.74) is 4.78. The van der Waals surface area contributed by atoms with Gasteiger partial charge >= 0.3 is 6.03 Å². The summed E-state index contributed by atoms with van der Waals surface area (Å²) in [6.07, 6.45) is 7.91. The van der Waals surface area contributed by atoms with Crippen molar-refractivity contribution in [1.82, 2.24) is 10.2 Å². The second kappa shape index (κ2) is 15.1. The molecule has 0 radical (unpaired) electrons. The summed E-state index contributed by atoms with van der Waals surface area (Å²) < 4.78 is 34.0. The van der Waals surface area contributed by atoms with Gasteiger partial charge in [0.15, 0.2) is 0 Å². The average Bonchev–Trinajstić information content (AvgIpc) is 3.20. The molecule has 0 bridgehead atoms. The van der Waals surface area contributed by atoms with Gasteiger partial charge in [0.1, 0.15) is 24.0 Å². The highest BCUT2D eigenvalue weighted by Crippen LogP contribution is 2.40. The van der Waals surface area contributed by atoms with Gasteiger partial charge in [0.2, 0.25) is 0 Å². The number of fused-ring (bicyclic) bond motifs is 1. The van der Waals surface area contributed by atoms with Crippen molar-refractivity contribution < 1.29 is 23.4 Å². The Kier molecular flexibility index (Phi) is 11.7. The lowest BCUT2D eigenvalue weighted by molar-refractivity contribution is 0.200. The highest BCUT2D eigenvalue weighted by molar-refractivity contribution is 5.97. The first-order valence-corrected chi connectivity index (χ1v) is 13.7. The van der Waals surface area contributed by atoms with Crippen molar-refractivity contribution in [3.63, 3.8) is 0 Å². The predicted molar refractivity (Wildman–Crippen MR) is 158 cm³/mol. The SMILES string of the molecule is CCNCC(CC)N(C)C(=O)Nc1cccc(/C=C2\C3=C(CC=C(F)C=C3)COc3cc(F)ccc32)c1.CCO. The third kappa shape index (κ3) is 8.13. The molecule has 0 aromatic heterocycles. The number of likely N-dealkylation sites (N-methyl/N-ethyl adjacent to an activating group) is 2. The van der Waals surface area contributed by atoms with Crippen LogP contribution in [0.3, 0.4) is 0 Å². The van der Waals surface area contributed by atoms with Gasteiger partial charge in [-0.05, 0) is 91.1 Å². The van der Waals surface area contributed by atoms with E-state index in [-0.39, 0.29) is 36.9 Å². The number of anilines is 1. The van der Waals surface area contributed by atoms with E-state index in [1.165, 1.54) is 24.3 Å². The van der Waals surface area contributed by atoms with Crippen molar-refractivity contribution in [1.29, 1.82) is 0 Å². The fourth-order valence-electron chi connectivity index (χ4n) is 4.52. The number of urea groups is 1. The van der Waals surface area contributed by atoms with Crippen molar-refractivity contribution in [2.45, 2.75) is 39.7 Å². The Morgan fingerprint density at radius 3 is 2.65 bits per heavy atom. The van der Waals surface area contributed by atoms with Crippen LogP contribution in [0.1, 0.15) is 44.7 Å². The number of carbonyl (C=O) groups is 1. The van der Waals surface area contributed by atoms with Crippen LogP contribution >= 0.6 is 0 Å². The van der Waals surface area contributed by atoms with Crippen LogP contribution in [0.5, 0.6) is 5.75 Å². The third-order valence-corrected chi connectivity index (χ3v) is 6.68. The number of rotatable bonds is 7. The zero-order valence-corrected chi connectivity index (χ0v) is 23.6. The molecule has 0 fully saturated rings. The molecule has 0 spiro atoms. The minimum absolute atomic E-state index is 0.0783. The number of nitrogens with zero attached hydrogens (tertiary/aromatic N) is 1. The molecule has 1 heterocycles. The second-order valence-corrected chi connectivity index (χ2v) is 9.48. The number of aliphatic hydroxyl groups excluding tert-OH is 1. The van der Waals surface area contributed by atoms with E-state index in [9.17, 15) is 13.6 Å². The summed E-state index contributed by atoms with van der Waals surface area (Å²) in [4.78, 5) is 14.7. The number of ether oxygens (including phenoxy) is 1. The topological polar surface area (TPSA) is 73.8 Å². The molecule has 8 heteroatoms. The zero-order chi connectivity index (χ0) is 29.1. The number of nitrogens with one attached hydrogen (secondary N) is 2. The molecule has 40 heavy (non-hydrogen) atoms. The molecular formula is C32H39F2N3O3. The van der Waals surface area contributed by atoms with Crippen LogP contribution in [0.2, 0.25) is 0 Å². The van der Waals surface area contributed by atoms with Crippen LogP contribution in [0.4, 0.5) is 19.3 Å². The van der Waals surface area contributed by atoms with Gasteiger partial charge in [0, 0.05) is 43.6 Å². The molecule has 0 saturated heterocycles. The number of hydrogen-bond donors (Lipinski definition) is 3. The molecule has 2 amide bonds. The van der Waals surface area contributed by atoms with E-state index in [1.54, 1.807) is 31.0 Å². The van der Waals surface area contributed by atoms with Gasteiger partial charge in [-0.25, -0.2) is 13.6 Å². The first-order chi connectivity index (χ1) is 19.3. The minimum Gasteiger partial charge on any atom is -0.488 e. The van der Waals surface area contributed by atoms with Gasteiger partial charge in [-0.2, -0.15) is 0 Å². The molecular weight excluding hydrogens is 512 g/mol. The van der Waals surface area contributed by atoms with Crippen molar-refractivity contribution in [3.05, 3.63) is 94.6 Å². The average molecular weight is 552 g/mol. The molecule has 1 aliphatic carbocycles. The second-order valence-electron chi connectivity index (χ2n) is 9.48. The standard InChI is InChI=1S/C30H33F2N3O2.C2H6O/c1-4-25(18-33-5-2)35(3)30(36)34-24-8-6-7-20(15-24)16-28-26-13-11-22(31)10-9-21(26)19-37-29-17-23(32)12-14-27(28)29;1-2-3/h6-8,10-17,25,33H,4-5,9,18-19H2,1-3H3,(H,34,36);3H,2H2,1H3/b28-16+;. The van der Waals surface area contributed by atoms with Gasteiger partial charge in [0.05, 0.1) is 0 Å². The Balaban J connectivity index is 0.00000141. The summed E-state index contributed by atoms with van der Waals surface area (Å²) in [5.74, 6) is -0.250. The fourth-order valence-corrected chi connectivity index (χ4v) is 4.52. The molecule has 214 valence electrons. The first-order valence-electron chi connectivity index (χ1n) is 13.7. The molecule has 1 aliphatic heterocycles. The maximum absolute atomic E-state index is 14.1. The van der Waals surface area contributed by atoms with Gasteiger partial charge < -0.3 is 25.4 Å². The Morgan fingerprint density at radius 2 is 1.93 bits per heavy atom. The summed E-state index contributed by atoms with van der Waals surface area (Å²) in [6.45, 7) is 7.85. The Labute approximate surface area is 235 Å². The lowest BCUT2D eigenvalue weighted by Crippen LogP contribution is -2.44. The summed E-state index contributed by atoms with van der Waals surface area (Å²) in [5, 5.41) is 13.9. The van der Waals surface area contributed by atoms with E-state index < -0.39 is 0 Å². The molecule has 0 saturated carbocycles. The van der Waals surface area contributed by atoms with Crippen LogP contribution in [0.15, 0.2) is 77.7 Å². The third-order valence-electron chi connectivity index (χ3n) is 6.68. The van der Waals surface area contributed by atoms with Crippen LogP contribution in [0.25, 0.3) is 11.6 Å². The molecule has 1 unspecified atom stereocenters. The van der Waals surface area contributed by atoms with Crippen LogP contribution in [-0.4, -0.2) is 55.4 Å². The molecule has 4 rings (SSSR count). The largest absolute Gasteiger partial charge is 0.488 e. The summed E-state index contributed by atoms with van der Waals surface area (Å²) in [6, 6.07) is 11.9. The van der Waals surface area contributed by atoms with E-state index in [1.807, 2.05) is 37.3 Å². The monoisotopic (exact) mass is 551 g/mol. The molecule has 6 nitrogen and oxygen atoms in total. The van der Waals surface area contributed by atoms with Crippen LogP contribution in [0, 0.1) is 5.82 Å². The summed E-state index contributed by atoms with van der Waals surface area (Å²) in [7, 11) is 1.80. The number of amides is 2. The van der Waals surface area contributed by atoms with Crippen molar-refractivity contribution in [2.75, 3.05) is 38.7 Å². The molecule has 3 N–H and O–H groups in total. The van der Waals surface area contributed by atoms with E-state index in [4.69, 9.17) is 9.84 Å². The van der Waals surface area contributed by atoms with Gasteiger partial charge in [0.25, 0.3) is 0 Å². The smallest absolute Gasteiger partial charge is 0.321 e. The number of allylic oxidation sites excluding steroid dienone is 6. The quantitative estimate of drug-likeness (QED) is 0.357. The predicted octanol–water partition coefficient (Wildman–Crippen LogP) is 6.72. The maximum atomic E-state index is 14.1. The number of hydrogen-bond acceptors (Lipinski definition) is 4. The van der Waals surface area contributed by atoms with Crippen LogP contribution < -0.4 is 15.4 Å². The van der Waals surface area contributed by atoms with E-state index in [0.717, 1.165) is 47.4 Å². The minimum atomic E-state index is -0.384. The lowest BCUT2D eigenvalue weighted by Gasteiger charge is -2.27. The first kappa shape index (κ1) is 30.8. The van der Waals surface area contributed by atoms with Crippen molar-refractivity contribution in [3.8, 4) is 5.75 Å². The highest BCUT2D eigenvalue weighted by atomic mass is 19.1. The van der Waals surface area contributed by atoms with Crippen LogP contribution in [-0.2, 0) is 0 Å². The van der Waals surface area contributed by atoms with E-state index in [2.05, 4.69) is 17.6 Å². The molecule has 2 aromatic carbocycles. The van der Waals surface area contributed by atoms with Gasteiger partial charge in [-0.15, -0.1) is 0 Å². The fraction of sp³-hybridized carbons (Fsp3) is 0.344. The van der Waals surface area contributed by atoms with Gasteiger partial charge in [-0.1, -0.05) is 32.1 Å². The zero-order valence-electron chi connectivity index (χ0n) is 23.6. The normalized spacial score (nSPS) is 15.9. The number of aliphatic hydroxyl groups is 1. The van der Waals surface area contributed by atoms with E-state index >= 15 is 0 Å². The number of carbonyl (C=O) groups excluding carboxylic acids is 1. The lowest BCUT2D eigenvalue weighted by atomic mass is 9.91. The maximum Gasteiger partial charge on any atom is 0.321 e. The molecule has 2 aliphatic rings. The van der Waals surface area contributed by atoms with Gasteiger partial charge in [-0.3, -0.25) is 0 Å². The van der Waals surface area contributed by atoms with Crippen molar-refractivity contribution >= 4 is 23.4 Å². The Hall–Kier alpha value is -3.75. The Morgan fingerprint density at radius 1 is 1.15 bits per heavy atom. The number of halogens is 2. The van der Waals surface area contributed by atoms with E-state index in [0.29, 0.717) is 17.9 Å². The summed E-state index contributed by atoms with van der Waals surface area (Å²) >= 11 is 0. The number of benzene rings is 2. The van der Waals surface area contributed by atoms with Crippen molar-refractivity contribution in [2.24, 2.45) is 0 Å². The molecule has 1 atom stereocenters. The highest BCUT2D eigenvalue weighted by Gasteiger charge is 2.22. The molecule has 2 aromatic rings. The Bertz CT molecular complexity index is 1300.